The van der Waals surface area contributed by atoms with Crippen molar-refractivity contribution in [1.29, 1.82) is 0 Å². The first-order valence-electron chi connectivity index (χ1n) is 9.23. The number of carbonyl (C=O) groups excluding carboxylic acids is 1. The van der Waals surface area contributed by atoms with E-state index in [0.717, 1.165) is 23.1 Å². The van der Waals surface area contributed by atoms with Gasteiger partial charge in [0.15, 0.2) is 0 Å². The number of aromatic hydroxyl groups is 1. The van der Waals surface area contributed by atoms with Gasteiger partial charge in [-0.3, -0.25) is 4.79 Å². The number of hydrogen-bond acceptors (Lipinski definition) is 2. The third-order valence-corrected chi connectivity index (χ3v) is 5.41. The minimum absolute atomic E-state index is 0.0268. The molecule has 0 aliphatic heterocycles. The van der Waals surface area contributed by atoms with Crippen molar-refractivity contribution in [1.82, 2.24) is 0 Å². The van der Waals surface area contributed by atoms with Crippen LogP contribution in [0.4, 0.5) is 0 Å². The highest BCUT2D eigenvalue weighted by Crippen LogP contribution is 2.57. The maximum absolute atomic E-state index is 12.6. The predicted molar refractivity (Wildman–Crippen MR) is 77.7 cm³/mol. The molecule has 1 aromatic carbocycles. The summed E-state index contributed by atoms with van der Waals surface area (Å²) in [6.07, 6.45) is 2.32. The molecule has 0 heterocycles. The maximum atomic E-state index is 12.6. The molecule has 3 aliphatic carbocycles. The van der Waals surface area contributed by atoms with Gasteiger partial charge in [-0.15, -0.1) is 0 Å². The summed E-state index contributed by atoms with van der Waals surface area (Å²) in [5, 5.41) is 9.86. The molecule has 104 valence electrons. The van der Waals surface area contributed by atoms with E-state index in [0.29, 0.717) is 12.8 Å². The highest BCUT2D eigenvalue weighted by Gasteiger charge is 2.52. The van der Waals surface area contributed by atoms with Crippen LogP contribution in [0.3, 0.4) is 0 Å². The fourth-order valence-electron chi connectivity index (χ4n) is 4.21. The van der Waals surface area contributed by atoms with Crippen LogP contribution in [0.25, 0.3) is 0 Å². The lowest BCUT2D eigenvalue weighted by Crippen LogP contribution is -2.37. The van der Waals surface area contributed by atoms with E-state index in [1.807, 2.05) is 13.0 Å². The predicted octanol–water partition coefficient (Wildman–Crippen LogP) is 3.74. The summed E-state index contributed by atoms with van der Waals surface area (Å²) < 4.78 is 32.1. The number of carbonyl (C=O) groups is 1. The molecule has 0 aromatic heterocycles. The highest BCUT2D eigenvalue weighted by atomic mass is 16.3. The average Bonchev–Trinajstić information content (AvgIpc) is 2.72. The van der Waals surface area contributed by atoms with Crippen LogP contribution in [-0.4, -0.2) is 10.9 Å². The largest absolute Gasteiger partial charge is 0.508 e. The third kappa shape index (κ3) is 1.48. The lowest BCUT2D eigenvalue weighted by Gasteiger charge is -2.43. The van der Waals surface area contributed by atoms with Gasteiger partial charge in [-0.05, 0) is 54.8 Å². The lowest BCUT2D eigenvalue weighted by molar-refractivity contribution is -0.126. The second-order valence-electron chi connectivity index (χ2n) is 6.38. The standard InChI is InChI=1S/C18H20O2/c1-18-9-8-14-13-5-3-12(19)10-11(13)2-4-15(14)16(18)6-7-17(18)20/h3-5,10,14,16,19H,2,6-9H2,1H3/t14-,16+,18?/m1/s1/i3D,7D2,10D. The summed E-state index contributed by atoms with van der Waals surface area (Å²) in [5.41, 5.74) is 2.11. The van der Waals surface area contributed by atoms with Gasteiger partial charge < -0.3 is 5.11 Å². The third-order valence-electron chi connectivity index (χ3n) is 5.41. The van der Waals surface area contributed by atoms with Gasteiger partial charge in [-0.2, -0.15) is 0 Å². The monoisotopic (exact) mass is 272 g/mol. The van der Waals surface area contributed by atoms with Crippen molar-refractivity contribution < 1.29 is 15.4 Å². The van der Waals surface area contributed by atoms with Gasteiger partial charge in [0.05, 0.1) is 2.74 Å². The summed E-state index contributed by atoms with van der Waals surface area (Å²) >= 11 is 0. The van der Waals surface area contributed by atoms with Crippen molar-refractivity contribution in [3.8, 4) is 5.75 Å². The summed E-state index contributed by atoms with van der Waals surface area (Å²) in [6.45, 7) is 1.89. The number of rotatable bonds is 0. The number of phenols is 1. The molecule has 2 fully saturated rings. The number of fused-ring (bicyclic) bond motifs is 5. The van der Waals surface area contributed by atoms with Gasteiger partial charge in [-0.25, -0.2) is 0 Å². The summed E-state index contributed by atoms with van der Waals surface area (Å²) in [5.74, 6) is -0.636. The first kappa shape index (κ1) is 8.66. The van der Waals surface area contributed by atoms with Gasteiger partial charge in [0.25, 0.3) is 0 Å². The molecule has 0 spiro atoms. The molecule has 0 bridgehead atoms. The molecule has 0 saturated heterocycles. The molecule has 3 atom stereocenters. The van der Waals surface area contributed by atoms with E-state index < -0.39 is 11.8 Å². The Hall–Kier alpha value is -1.57. The molecule has 1 N–H and O–H groups in total. The highest BCUT2D eigenvalue weighted by molar-refractivity contribution is 5.88. The molecule has 2 saturated carbocycles. The first-order chi connectivity index (χ1) is 11.2. The van der Waals surface area contributed by atoms with E-state index >= 15 is 0 Å². The molecule has 2 nitrogen and oxygen atoms in total. The molecule has 0 radical (unpaired) electrons. The minimum Gasteiger partial charge on any atom is -0.508 e. The van der Waals surface area contributed by atoms with Crippen LogP contribution >= 0.6 is 0 Å². The van der Waals surface area contributed by atoms with Crippen molar-refractivity contribution in [3.63, 3.8) is 0 Å². The Morgan fingerprint density at radius 2 is 2.35 bits per heavy atom. The van der Waals surface area contributed by atoms with Gasteiger partial charge in [0, 0.05) is 20.4 Å². The van der Waals surface area contributed by atoms with Crippen molar-refractivity contribution >= 4 is 5.78 Å². The van der Waals surface area contributed by atoms with Gasteiger partial charge >= 0.3 is 0 Å². The van der Waals surface area contributed by atoms with Crippen molar-refractivity contribution in [3.05, 3.63) is 40.9 Å². The maximum Gasteiger partial charge on any atom is 0.139 e. The fourth-order valence-corrected chi connectivity index (χ4v) is 4.21. The van der Waals surface area contributed by atoms with E-state index in [4.69, 9.17) is 5.48 Å². The van der Waals surface area contributed by atoms with Crippen LogP contribution in [0.15, 0.2) is 29.8 Å². The zero-order valence-corrected chi connectivity index (χ0v) is 11.5. The molecule has 2 heteroatoms. The number of phenolic OH excluding ortho intramolecular Hbond substituents is 1. The molecule has 1 unspecified atom stereocenters. The molecule has 0 amide bonds. The molecule has 3 aliphatic rings. The Labute approximate surface area is 125 Å². The number of allylic oxidation sites excluding steroid dienone is 2. The summed E-state index contributed by atoms with van der Waals surface area (Å²) in [6, 6.07) is 1.64. The molecule has 20 heavy (non-hydrogen) atoms. The molecular weight excluding hydrogens is 248 g/mol. The quantitative estimate of drug-likeness (QED) is 0.731. The van der Waals surface area contributed by atoms with Crippen molar-refractivity contribution in [2.75, 3.05) is 0 Å². The van der Waals surface area contributed by atoms with E-state index in [2.05, 4.69) is 0 Å². The van der Waals surface area contributed by atoms with E-state index in [1.165, 1.54) is 0 Å². The minimum atomic E-state index is -1.77. The summed E-state index contributed by atoms with van der Waals surface area (Å²) in [7, 11) is 0. The Balaban J connectivity index is 1.82. The number of Topliss-reactive ketones (excluding diaryl/α,β-unsaturated/α-hetero) is 1. The first-order valence-corrected chi connectivity index (χ1v) is 7.23. The lowest BCUT2D eigenvalue weighted by atomic mass is 9.60. The number of benzene rings is 1. The molecule has 4 rings (SSSR count). The van der Waals surface area contributed by atoms with Crippen molar-refractivity contribution in [2.24, 2.45) is 11.3 Å². The van der Waals surface area contributed by atoms with Gasteiger partial charge in [0.1, 0.15) is 11.5 Å². The van der Waals surface area contributed by atoms with Gasteiger partial charge in [0.2, 0.25) is 0 Å². The topological polar surface area (TPSA) is 37.3 Å². The second-order valence-corrected chi connectivity index (χ2v) is 6.38. The van der Waals surface area contributed by atoms with Crippen molar-refractivity contribution in [2.45, 2.75) is 44.9 Å². The fraction of sp³-hybridized carbons (Fsp3) is 0.500. The molecule has 1 aromatic rings. The zero-order chi connectivity index (χ0) is 17.4. The van der Waals surface area contributed by atoms with E-state index in [1.54, 1.807) is 6.07 Å². The molecular formula is C18H20O2. The summed E-state index contributed by atoms with van der Waals surface area (Å²) in [4.78, 5) is 12.6. The Morgan fingerprint density at radius 1 is 1.50 bits per heavy atom. The van der Waals surface area contributed by atoms with E-state index in [9.17, 15) is 9.90 Å². The van der Waals surface area contributed by atoms with Crippen LogP contribution < -0.4 is 0 Å². The smallest absolute Gasteiger partial charge is 0.139 e. The van der Waals surface area contributed by atoms with E-state index in [-0.39, 0.29) is 41.9 Å². The van der Waals surface area contributed by atoms with Crippen LogP contribution in [-0.2, 0) is 11.2 Å². The van der Waals surface area contributed by atoms with Crippen LogP contribution in [0.2, 0.25) is 0 Å². The van der Waals surface area contributed by atoms with Crippen LogP contribution in [0.1, 0.15) is 55.1 Å². The zero-order valence-electron chi connectivity index (χ0n) is 15.5. The van der Waals surface area contributed by atoms with Crippen LogP contribution in [0, 0.1) is 11.3 Å². The Morgan fingerprint density at radius 3 is 3.20 bits per heavy atom. The number of hydrogen-bond donors (Lipinski definition) is 1. The number of ketones is 1. The van der Waals surface area contributed by atoms with Gasteiger partial charge in [-0.1, -0.05) is 24.6 Å². The Kier molecular flexibility index (Phi) is 1.72. The average molecular weight is 272 g/mol. The normalized spacial score (nSPS) is 40.5. The SMILES string of the molecule is [2H]c1cc2c(c([2H])c1O)CC=C1[C@@H]2CCC2(C)C(=O)C([2H])([2H])C[C@@H]12. The second kappa shape index (κ2) is 3.97. The Bertz CT molecular complexity index is 799. The van der Waals surface area contributed by atoms with Crippen LogP contribution in [0.5, 0.6) is 5.75 Å².